The van der Waals surface area contributed by atoms with Crippen LogP contribution in [-0.4, -0.2) is 26.8 Å². The van der Waals surface area contributed by atoms with E-state index < -0.39 is 6.10 Å². The SMILES string of the molecule is CC(Oc1ccc(Cl)cc1Br)C(=O)NCc1nncn1-c1ccccc1. The number of hydrogen-bond acceptors (Lipinski definition) is 4. The molecule has 0 aliphatic rings. The summed E-state index contributed by atoms with van der Waals surface area (Å²) >= 11 is 9.28. The van der Waals surface area contributed by atoms with E-state index in [1.807, 2.05) is 34.9 Å². The predicted octanol–water partition coefficient (Wildman–Crippen LogP) is 3.77. The molecule has 26 heavy (non-hydrogen) atoms. The zero-order valence-electron chi connectivity index (χ0n) is 13.9. The molecule has 1 amide bonds. The molecule has 134 valence electrons. The monoisotopic (exact) mass is 434 g/mol. The number of benzene rings is 2. The van der Waals surface area contributed by atoms with Crippen LogP contribution in [0.5, 0.6) is 5.75 Å². The van der Waals surface area contributed by atoms with Crippen LogP contribution in [0.4, 0.5) is 0 Å². The second-order valence-corrected chi connectivity index (χ2v) is 6.80. The van der Waals surface area contributed by atoms with Crippen molar-refractivity contribution in [3.8, 4) is 11.4 Å². The van der Waals surface area contributed by atoms with Gasteiger partial charge in [0, 0.05) is 10.7 Å². The van der Waals surface area contributed by atoms with Crippen molar-refractivity contribution in [2.24, 2.45) is 0 Å². The summed E-state index contributed by atoms with van der Waals surface area (Å²) in [6.45, 7) is 1.92. The Bertz CT molecular complexity index is 901. The minimum atomic E-state index is -0.680. The van der Waals surface area contributed by atoms with Gasteiger partial charge in [0.1, 0.15) is 12.1 Å². The number of ether oxygens (including phenoxy) is 1. The maximum Gasteiger partial charge on any atom is 0.261 e. The molecule has 3 rings (SSSR count). The molecular formula is C18H16BrClN4O2. The van der Waals surface area contributed by atoms with E-state index >= 15 is 0 Å². The van der Waals surface area contributed by atoms with E-state index in [-0.39, 0.29) is 12.5 Å². The molecular weight excluding hydrogens is 420 g/mol. The van der Waals surface area contributed by atoms with Crippen molar-refractivity contribution in [2.75, 3.05) is 0 Å². The van der Waals surface area contributed by atoms with Gasteiger partial charge in [0.2, 0.25) is 0 Å². The Hall–Kier alpha value is -2.38. The summed E-state index contributed by atoms with van der Waals surface area (Å²) in [5, 5.41) is 11.4. The number of halogens is 2. The molecule has 1 heterocycles. The first-order valence-electron chi connectivity index (χ1n) is 7.88. The summed E-state index contributed by atoms with van der Waals surface area (Å²) in [5.41, 5.74) is 0.927. The fourth-order valence-electron chi connectivity index (χ4n) is 2.31. The molecule has 0 fully saturated rings. The van der Waals surface area contributed by atoms with Gasteiger partial charge < -0.3 is 10.1 Å². The van der Waals surface area contributed by atoms with E-state index in [0.717, 1.165) is 5.69 Å². The Morgan fingerprint density at radius 1 is 1.31 bits per heavy atom. The molecule has 1 aromatic heterocycles. The van der Waals surface area contributed by atoms with Gasteiger partial charge in [-0.05, 0) is 53.2 Å². The highest BCUT2D eigenvalue weighted by Crippen LogP contribution is 2.28. The first-order valence-corrected chi connectivity index (χ1v) is 9.05. The lowest BCUT2D eigenvalue weighted by Crippen LogP contribution is -2.36. The Balaban J connectivity index is 1.62. The summed E-state index contributed by atoms with van der Waals surface area (Å²) in [4.78, 5) is 12.3. The highest BCUT2D eigenvalue weighted by molar-refractivity contribution is 9.10. The molecule has 1 unspecified atom stereocenters. The van der Waals surface area contributed by atoms with E-state index in [0.29, 0.717) is 21.1 Å². The van der Waals surface area contributed by atoms with Gasteiger partial charge in [-0.15, -0.1) is 10.2 Å². The first-order chi connectivity index (χ1) is 12.5. The second kappa shape index (κ2) is 8.33. The molecule has 0 aliphatic heterocycles. The normalized spacial score (nSPS) is 11.8. The van der Waals surface area contributed by atoms with Crippen molar-refractivity contribution in [2.45, 2.75) is 19.6 Å². The zero-order valence-corrected chi connectivity index (χ0v) is 16.2. The van der Waals surface area contributed by atoms with Gasteiger partial charge in [-0.25, -0.2) is 0 Å². The first kappa shape index (κ1) is 18.4. The standard InChI is InChI=1S/C18H16BrClN4O2/c1-12(26-16-8-7-13(20)9-15(16)19)18(25)21-10-17-23-22-11-24(17)14-5-3-2-4-6-14/h2-9,11-12H,10H2,1H3,(H,21,25). The molecule has 0 aliphatic carbocycles. The number of aromatic nitrogens is 3. The third-order valence-electron chi connectivity index (χ3n) is 3.64. The molecule has 8 heteroatoms. The molecule has 0 saturated carbocycles. The third-order valence-corrected chi connectivity index (χ3v) is 4.50. The van der Waals surface area contributed by atoms with Gasteiger partial charge in [-0.1, -0.05) is 29.8 Å². The fourth-order valence-corrected chi connectivity index (χ4v) is 3.08. The lowest BCUT2D eigenvalue weighted by Gasteiger charge is -2.16. The molecule has 0 bridgehead atoms. The van der Waals surface area contributed by atoms with Crippen molar-refractivity contribution in [3.05, 3.63) is 70.2 Å². The average molecular weight is 436 g/mol. The summed E-state index contributed by atoms with van der Waals surface area (Å²) in [6, 6.07) is 14.8. The van der Waals surface area contributed by atoms with Crippen LogP contribution >= 0.6 is 27.5 Å². The summed E-state index contributed by atoms with van der Waals surface area (Å²) in [7, 11) is 0. The van der Waals surface area contributed by atoms with Crippen molar-refractivity contribution < 1.29 is 9.53 Å². The van der Waals surface area contributed by atoms with Gasteiger partial charge in [0.15, 0.2) is 11.9 Å². The number of carbonyl (C=O) groups is 1. The number of rotatable bonds is 6. The number of nitrogens with one attached hydrogen (secondary N) is 1. The van der Waals surface area contributed by atoms with Crippen LogP contribution in [0.15, 0.2) is 59.3 Å². The number of amides is 1. The van der Waals surface area contributed by atoms with Crippen LogP contribution < -0.4 is 10.1 Å². The molecule has 0 spiro atoms. The average Bonchev–Trinajstić information content (AvgIpc) is 3.11. The number of carbonyl (C=O) groups excluding carboxylic acids is 1. The van der Waals surface area contributed by atoms with Gasteiger partial charge in [0.05, 0.1) is 11.0 Å². The maximum absolute atomic E-state index is 12.3. The van der Waals surface area contributed by atoms with Gasteiger partial charge >= 0.3 is 0 Å². The summed E-state index contributed by atoms with van der Waals surface area (Å²) in [5.74, 6) is 0.920. The Morgan fingerprint density at radius 2 is 2.08 bits per heavy atom. The van der Waals surface area contributed by atoms with Gasteiger partial charge in [-0.3, -0.25) is 9.36 Å². The quantitative estimate of drug-likeness (QED) is 0.640. The zero-order chi connectivity index (χ0) is 18.5. The Kier molecular flexibility index (Phi) is 5.90. The molecule has 3 aromatic rings. The highest BCUT2D eigenvalue weighted by atomic mass is 79.9. The van der Waals surface area contributed by atoms with Crippen LogP contribution in [0.3, 0.4) is 0 Å². The predicted molar refractivity (Wildman–Crippen MR) is 102 cm³/mol. The van der Waals surface area contributed by atoms with E-state index in [9.17, 15) is 4.79 Å². The van der Waals surface area contributed by atoms with Crippen molar-refractivity contribution in [1.82, 2.24) is 20.1 Å². The Labute approximate surface area is 164 Å². The summed E-state index contributed by atoms with van der Waals surface area (Å²) < 4.78 is 8.20. The lowest BCUT2D eigenvalue weighted by atomic mass is 10.3. The second-order valence-electron chi connectivity index (χ2n) is 5.51. The molecule has 0 saturated heterocycles. The topological polar surface area (TPSA) is 69.0 Å². The van der Waals surface area contributed by atoms with E-state index in [1.54, 1.807) is 31.5 Å². The molecule has 1 atom stereocenters. The number of nitrogens with zero attached hydrogens (tertiary/aromatic N) is 3. The Morgan fingerprint density at radius 3 is 2.81 bits per heavy atom. The highest BCUT2D eigenvalue weighted by Gasteiger charge is 2.17. The van der Waals surface area contributed by atoms with E-state index in [4.69, 9.17) is 16.3 Å². The smallest absolute Gasteiger partial charge is 0.261 e. The van der Waals surface area contributed by atoms with Crippen LogP contribution in [-0.2, 0) is 11.3 Å². The van der Waals surface area contributed by atoms with Crippen LogP contribution in [0, 0.1) is 0 Å². The van der Waals surface area contributed by atoms with Crippen LogP contribution in [0.1, 0.15) is 12.7 Å². The molecule has 2 aromatic carbocycles. The number of para-hydroxylation sites is 1. The lowest BCUT2D eigenvalue weighted by molar-refractivity contribution is -0.127. The van der Waals surface area contributed by atoms with Crippen molar-refractivity contribution >= 4 is 33.4 Å². The van der Waals surface area contributed by atoms with Crippen LogP contribution in [0.2, 0.25) is 5.02 Å². The van der Waals surface area contributed by atoms with Crippen molar-refractivity contribution in [3.63, 3.8) is 0 Å². The molecule has 1 N–H and O–H groups in total. The molecule has 0 radical (unpaired) electrons. The molecule has 6 nitrogen and oxygen atoms in total. The van der Waals surface area contributed by atoms with E-state index in [2.05, 4.69) is 31.4 Å². The third kappa shape index (κ3) is 4.42. The van der Waals surface area contributed by atoms with Crippen molar-refractivity contribution in [1.29, 1.82) is 0 Å². The van der Waals surface area contributed by atoms with Crippen LogP contribution in [0.25, 0.3) is 5.69 Å². The van der Waals surface area contributed by atoms with E-state index in [1.165, 1.54) is 0 Å². The van der Waals surface area contributed by atoms with Gasteiger partial charge in [-0.2, -0.15) is 0 Å². The summed E-state index contributed by atoms with van der Waals surface area (Å²) in [6.07, 6.45) is 0.933. The number of hydrogen-bond donors (Lipinski definition) is 1. The largest absolute Gasteiger partial charge is 0.480 e. The maximum atomic E-state index is 12.3. The van der Waals surface area contributed by atoms with Gasteiger partial charge in [0.25, 0.3) is 5.91 Å². The minimum absolute atomic E-state index is 0.239. The fraction of sp³-hybridized carbons (Fsp3) is 0.167. The minimum Gasteiger partial charge on any atom is -0.480 e.